The maximum atomic E-state index is 5.23. The van der Waals surface area contributed by atoms with E-state index >= 15 is 0 Å². The summed E-state index contributed by atoms with van der Waals surface area (Å²) in [5, 5.41) is 11.4. The molecule has 0 N–H and O–H groups in total. The Morgan fingerprint density at radius 3 is 1.71 bits per heavy atom. The first kappa shape index (κ1) is 27.0. The minimum Gasteiger partial charge on any atom is -0.0622 e. The van der Waals surface area contributed by atoms with Crippen molar-refractivity contribution in [3.63, 3.8) is 0 Å². The number of benzene rings is 7. The van der Waals surface area contributed by atoms with Crippen LogP contribution in [0, 0.1) is 0 Å². The van der Waals surface area contributed by atoms with E-state index in [0.717, 1.165) is 22.2 Å². The zero-order valence-electron chi connectivity index (χ0n) is 26.2. The number of hydrogen-bond donors (Lipinski definition) is 0. The van der Waals surface area contributed by atoms with Gasteiger partial charge in [-0.1, -0.05) is 152 Å². The lowest BCUT2D eigenvalue weighted by molar-refractivity contribution is -0.810. The van der Waals surface area contributed by atoms with Gasteiger partial charge in [0, 0.05) is 43.0 Å². The van der Waals surface area contributed by atoms with Gasteiger partial charge < -0.3 is 0 Å². The van der Waals surface area contributed by atoms with Crippen LogP contribution in [0.15, 0.2) is 170 Å². The predicted octanol–water partition coefficient (Wildman–Crippen LogP) is 10.0. The lowest BCUT2D eigenvalue weighted by Gasteiger charge is -2.15. The molecule has 0 amide bonds. The van der Waals surface area contributed by atoms with E-state index in [9.17, 15) is 0 Å². The molecule has 1 aromatic heterocycles. The first-order valence-corrected chi connectivity index (χ1v) is 16.6. The molecule has 3 heteroatoms. The van der Waals surface area contributed by atoms with Crippen LogP contribution in [-0.2, 0) is 0 Å². The number of rotatable bonds is 4. The average molecular weight is 613 g/mol. The van der Waals surface area contributed by atoms with E-state index in [1.54, 1.807) is 0 Å². The zero-order valence-corrected chi connectivity index (χ0v) is 26.2. The highest BCUT2D eigenvalue weighted by atomic mass is 15.5. The summed E-state index contributed by atoms with van der Waals surface area (Å²) in [5.74, 6) is 0.249. The summed E-state index contributed by atoms with van der Waals surface area (Å²) < 4.78 is 0. The molecule has 3 nitrogen and oxygen atoms in total. The fraction of sp³-hybridized carbons (Fsp3) is 0.0444. The van der Waals surface area contributed by atoms with E-state index in [1.807, 2.05) is 16.9 Å². The second kappa shape index (κ2) is 10.7. The minimum atomic E-state index is -0.129. The molecule has 0 spiro atoms. The van der Waals surface area contributed by atoms with E-state index in [-0.39, 0.29) is 12.0 Å². The molecule has 1 heterocycles. The summed E-state index contributed by atoms with van der Waals surface area (Å²) in [6.45, 7) is 0. The molecule has 0 saturated heterocycles. The van der Waals surface area contributed by atoms with Gasteiger partial charge in [0.1, 0.15) is 11.2 Å². The molecule has 224 valence electrons. The van der Waals surface area contributed by atoms with Gasteiger partial charge in [-0.2, -0.15) is 0 Å². The molecule has 0 saturated carbocycles. The molecule has 0 fully saturated rings. The average Bonchev–Trinajstić information content (AvgIpc) is 3.67. The van der Waals surface area contributed by atoms with Crippen LogP contribution in [0.1, 0.15) is 39.8 Å². The van der Waals surface area contributed by atoms with Crippen molar-refractivity contribution in [3.05, 3.63) is 198 Å². The summed E-state index contributed by atoms with van der Waals surface area (Å²) in [6.07, 6.45) is 0. The predicted molar refractivity (Wildman–Crippen MR) is 193 cm³/mol. The third kappa shape index (κ3) is 4.11. The summed E-state index contributed by atoms with van der Waals surface area (Å²) in [4.78, 5) is 1.94. The van der Waals surface area contributed by atoms with Crippen LogP contribution in [0.3, 0.4) is 0 Å². The molecule has 10 rings (SSSR count). The summed E-state index contributed by atoms with van der Waals surface area (Å²) >= 11 is 0. The Labute approximate surface area is 279 Å². The minimum absolute atomic E-state index is 0.129. The number of aromatic nitrogens is 3. The Morgan fingerprint density at radius 2 is 0.938 bits per heavy atom. The molecule has 2 atom stereocenters. The summed E-state index contributed by atoms with van der Waals surface area (Å²) in [6, 6.07) is 61.0. The van der Waals surface area contributed by atoms with Gasteiger partial charge in [-0.05, 0) is 68.3 Å². The van der Waals surface area contributed by atoms with Crippen LogP contribution in [-0.4, -0.2) is 10.2 Å². The van der Waals surface area contributed by atoms with Gasteiger partial charge in [-0.3, -0.25) is 0 Å². The van der Waals surface area contributed by atoms with Crippen molar-refractivity contribution in [2.75, 3.05) is 0 Å². The molecule has 0 radical (unpaired) electrons. The molecule has 0 bridgehead atoms. The SMILES string of the molecule is c1ccc(-c2n[n+](C3c4ccccc4-c4cc(-c5ccc6c(c5)-c5ccccc5C6c5ccccc5)ccc43)nc3ccccc23)cc1. The second-order valence-corrected chi connectivity index (χ2v) is 12.8. The molecule has 48 heavy (non-hydrogen) atoms. The molecule has 2 aliphatic rings. The van der Waals surface area contributed by atoms with Crippen molar-refractivity contribution in [1.29, 1.82) is 0 Å². The van der Waals surface area contributed by atoms with Crippen molar-refractivity contribution in [2.24, 2.45) is 0 Å². The third-order valence-corrected chi connectivity index (χ3v) is 10.1. The van der Waals surface area contributed by atoms with Crippen LogP contribution in [0.4, 0.5) is 0 Å². The third-order valence-electron chi connectivity index (χ3n) is 10.1. The van der Waals surface area contributed by atoms with Crippen LogP contribution in [0.25, 0.3) is 55.5 Å². The second-order valence-electron chi connectivity index (χ2n) is 12.8. The van der Waals surface area contributed by atoms with Gasteiger partial charge in [-0.25, -0.2) is 0 Å². The molecular weight excluding hydrogens is 583 g/mol. The van der Waals surface area contributed by atoms with Gasteiger partial charge in [-0.15, -0.1) is 0 Å². The Kier molecular flexibility index (Phi) is 6.00. The van der Waals surface area contributed by atoms with E-state index < -0.39 is 0 Å². The largest absolute Gasteiger partial charge is 0.263 e. The molecular formula is C45H30N3+. The Hall–Kier alpha value is -6.19. The Bertz CT molecular complexity index is 2520. The van der Waals surface area contributed by atoms with Crippen molar-refractivity contribution in [3.8, 4) is 44.6 Å². The fourth-order valence-corrected chi connectivity index (χ4v) is 7.97. The van der Waals surface area contributed by atoms with Crippen LogP contribution >= 0.6 is 0 Å². The van der Waals surface area contributed by atoms with Crippen LogP contribution in [0.2, 0.25) is 0 Å². The van der Waals surface area contributed by atoms with Crippen LogP contribution in [0.5, 0.6) is 0 Å². The maximum absolute atomic E-state index is 5.23. The van der Waals surface area contributed by atoms with Gasteiger partial charge in [0.25, 0.3) is 6.04 Å². The lowest BCUT2D eigenvalue weighted by atomic mass is 9.88. The quantitative estimate of drug-likeness (QED) is 0.185. The van der Waals surface area contributed by atoms with E-state index in [0.29, 0.717) is 0 Å². The van der Waals surface area contributed by atoms with Gasteiger partial charge in [0.05, 0.1) is 0 Å². The fourth-order valence-electron chi connectivity index (χ4n) is 7.97. The highest BCUT2D eigenvalue weighted by molar-refractivity contribution is 5.91. The van der Waals surface area contributed by atoms with Gasteiger partial charge >= 0.3 is 0 Å². The highest BCUT2D eigenvalue weighted by Crippen LogP contribution is 2.50. The Morgan fingerprint density at radius 1 is 0.396 bits per heavy atom. The van der Waals surface area contributed by atoms with E-state index in [2.05, 4.69) is 158 Å². The zero-order chi connectivity index (χ0) is 31.6. The van der Waals surface area contributed by atoms with Gasteiger partial charge in [0.15, 0.2) is 0 Å². The van der Waals surface area contributed by atoms with Gasteiger partial charge in [0.2, 0.25) is 0 Å². The van der Waals surface area contributed by atoms with Crippen molar-refractivity contribution >= 4 is 10.9 Å². The standard InChI is InChI=1S/C45H30N3/c1-3-13-29(14-4-1)43-35-19-9-7-17-33(35)40-27-31(23-25-36(40)43)32-24-26-38-41(28-32)34-18-8-10-20-37(34)45(38)48-46-42-22-12-11-21-39(42)44(47-48)30-15-5-2-6-16-30/h1-28,43,45H/q+1. The van der Waals surface area contributed by atoms with Crippen LogP contribution < -0.4 is 4.80 Å². The molecule has 8 aromatic rings. The normalized spacial score (nSPS) is 15.5. The van der Waals surface area contributed by atoms with E-state index in [1.165, 1.54) is 61.2 Å². The molecule has 2 aliphatic carbocycles. The number of hydrogen-bond acceptors (Lipinski definition) is 2. The smallest absolute Gasteiger partial charge is 0.0622 e. The molecule has 2 unspecified atom stereocenters. The van der Waals surface area contributed by atoms with Crippen molar-refractivity contribution in [1.82, 2.24) is 10.2 Å². The van der Waals surface area contributed by atoms with E-state index in [4.69, 9.17) is 10.2 Å². The monoisotopic (exact) mass is 612 g/mol. The van der Waals surface area contributed by atoms with Crippen molar-refractivity contribution in [2.45, 2.75) is 12.0 Å². The maximum Gasteiger partial charge on any atom is 0.263 e. The summed E-state index contributed by atoms with van der Waals surface area (Å²) in [7, 11) is 0. The lowest BCUT2D eigenvalue weighted by Crippen LogP contribution is -2.47. The number of nitrogens with zero attached hydrogens (tertiary/aromatic N) is 3. The first-order valence-electron chi connectivity index (χ1n) is 16.6. The van der Waals surface area contributed by atoms with Crippen molar-refractivity contribution < 1.29 is 4.80 Å². The Balaban J connectivity index is 1.11. The number of fused-ring (bicyclic) bond motifs is 7. The summed E-state index contributed by atoms with van der Waals surface area (Å²) in [5.41, 5.74) is 17.0. The topological polar surface area (TPSA) is 29.7 Å². The molecule has 0 aliphatic heterocycles. The highest BCUT2D eigenvalue weighted by Gasteiger charge is 2.39. The first-order chi connectivity index (χ1) is 23.8. The molecule has 7 aromatic carbocycles.